The highest BCUT2D eigenvalue weighted by Crippen LogP contribution is 2.27. The lowest BCUT2D eigenvalue weighted by Gasteiger charge is -2.14. The number of hydrogen-bond donors (Lipinski definition) is 1. The summed E-state index contributed by atoms with van der Waals surface area (Å²) < 4.78 is 8.80. The van der Waals surface area contributed by atoms with Gasteiger partial charge in [-0.05, 0) is 67.8 Å². The van der Waals surface area contributed by atoms with Gasteiger partial charge in [-0.3, -0.25) is 14.0 Å². The summed E-state index contributed by atoms with van der Waals surface area (Å²) in [6.07, 6.45) is 0. The molecule has 0 fully saturated rings. The van der Waals surface area contributed by atoms with Crippen molar-refractivity contribution >= 4 is 40.0 Å². The lowest BCUT2D eigenvalue weighted by molar-refractivity contribution is -0.113. The van der Waals surface area contributed by atoms with Crippen molar-refractivity contribution in [2.45, 2.75) is 25.9 Å². The summed E-state index contributed by atoms with van der Waals surface area (Å²) in [5.74, 6) is 0.897. The Balaban J connectivity index is 1.56. The van der Waals surface area contributed by atoms with E-state index in [1.54, 1.807) is 17.7 Å². The number of nitrogens with one attached hydrogen (secondary N) is 1. The normalized spacial score (nSPS) is 11.2. The Morgan fingerprint density at radius 1 is 1.00 bits per heavy atom. The van der Waals surface area contributed by atoms with Gasteiger partial charge in [-0.15, -0.1) is 10.2 Å². The summed E-state index contributed by atoms with van der Waals surface area (Å²) >= 11 is 1.25. The Bertz CT molecular complexity index is 1690. The highest BCUT2D eigenvalue weighted by molar-refractivity contribution is 7.99. The van der Waals surface area contributed by atoms with Crippen LogP contribution in [0.15, 0.2) is 70.6 Å². The number of benzene rings is 3. The van der Waals surface area contributed by atoms with E-state index < -0.39 is 0 Å². The average molecular weight is 500 g/mol. The summed E-state index contributed by atoms with van der Waals surface area (Å²) in [6.45, 7) is 5.90. The number of hydrogen-bond acceptors (Lipinski definition) is 6. The first-order valence-electron chi connectivity index (χ1n) is 11.4. The summed E-state index contributed by atoms with van der Waals surface area (Å²) in [5.41, 5.74) is 4.88. The fourth-order valence-corrected chi connectivity index (χ4v) is 4.93. The van der Waals surface area contributed by atoms with E-state index >= 15 is 0 Å². The molecular formula is C27H25N5O3S. The van der Waals surface area contributed by atoms with Crippen molar-refractivity contribution in [3.8, 4) is 11.4 Å². The van der Waals surface area contributed by atoms with Crippen molar-refractivity contribution in [2.24, 2.45) is 0 Å². The zero-order chi connectivity index (χ0) is 25.4. The fourth-order valence-electron chi connectivity index (χ4n) is 4.19. The fraction of sp³-hybridized carbons (Fsp3) is 0.185. The standard InChI is InChI=1S/C27H25N5O3S/c1-16-10-12-23(35-4)20(13-16)28-24(33)15-36-27-30-29-26-31(22-14-17(2)9-11-18(22)3)25(34)19-7-5-6-8-21(19)32(26)27/h5-14H,15H2,1-4H3,(H,28,33). The summed E-state index contributed by atoms with van der Waals surface area (Å²) in [5, 5.41) is 12.7. The van der Waals surface area contributed by atoms with E-state index in [4.69, 9.17) is 4.74 Å². The monoisotopic (exact) mass is 499 g/mol. The van der Waals surface area contributed by atoms with E-state index in [2.05, 4.69) is 15.5 Å². The molecule has 0 saturated carbocycles. The Kier molecular flexibility index (Phi) is 6.24. The first-order valence-corrected chi connectivity index (χ1v) is 12.4. The summed E-state index contributed by atoms with van der Waals surface area (Å²) in [4.78, 5) is 26.4. The molecule has 0 aliphatic carbocycles. The van der Waals surface area contributed by atoms with Crippen LogP contribution in [0, 0.1) is 20.8 Å². The van der Waals surface area contributed by atoms with Crippen LogP contribution in [0.4, 0.5) is 5.69 Å². The quantitative estimate of drug-likeness (QED) is 0.341. The third-order valence-corrected chi connectivity index (χ3v) is 6.89. The van der Waals surface area contributed by atoms with Crippen LogP contribution in [0.3, 0.4) is 0 Å². The van der Waals surface area contributed by atoms with Crippen LogP contribution >= 0.6 is 11.8 Å². The third-order valence-electron chi connectivity index (χ3n) is 5.96. The van der Waals surface area contributed by atoms with Crippen LogP contribution in [-0.4, -0.2) is 37.9 Å². The molecule has 5 aromatic rings. The van der Waals surface area contributed by atoms with E-state index in [0.717, 1.165) is 22.4 Å². The number of fused-ring (bicyclic) bond motifs is 3. The number of methoxy groups -OCH3 is 1. The van der Waals surface area contributed by atoms with Crippen molar-refractivity contribution in [2.75, 3.05) is 18.2 Å². The van der Waals surface area contributed by atoms with Gasteiger partial charge in [0.2, 0.25) is 11.7 Å². The van der Waals surface area contributed by atoms with Crippen LogP contribution in [0.25, 0.3) is 22.4 Å². The molecule has 1 amide bonds. The Morgan fingerprint density at radius 2 is 1.75 bits per heavy atom. The number of anilines is 1. The maximum atomic E-state index is 13.6. The molecular weight excluding hydrogens is 474 g/mol. The Morgan fingerprint density at radius 3 is 2.56 bits per heavy atom. The van der Waals surface area contributed by atoms with Crippen LogP contribution in [-0.2, 0) is 4.79 Å². The molecule has 0 atom stereocenters. The lowest BCUT2D eigenvalue weighted by Crippen LogP contribution is -2.22. The second kappa shape index (κ2) is 9.50. The predicted molar refractivity (Wildman–Crippen MR) is 143 cm³/mol. The molecule has 3 aromatic carbocycles. The molecule has 0 aliphatic rings. The molecule has 0 spiro atoms. The second-order valence-corrected chi connectivity index (χ2v) is 9.55. The Labute approximate surface area is 211 Å². The first kappa shape index (κ1) is 23.6. The van der Waals surface area contributed by atoms with Crippen molar-refractivity contribution in [1.29, 1.82) is 0 Å². The molecule has 2 aromatic heterocycles. The highest BCUT2D eigenvalue weighted by atomic mass is 32.2. The lowest BCUT2D eigenvalue weighted by atomic mass is 10.1. The second-order valence-electron chi connectivity index (χ2n) is 8.61. The van der Waals surface area contributed by atoms with E-state index in [1.807, 2.05) is 79.8 Å². The van der Waals surface area contributed by atoms with Gasteiger partial charge in [-0.1, -0.05) is 42.1 Å². The van der Waals surface area contributed by atoms with Gasteiger partial charge in [-0.25, -0.2) is 4.57 Å². The van der Waals surface area contributed by atoms with Crippen LogP contribution < -0.4 is 15.6 Å². The number of aromatic nitrogens is 4. The van der Waals surface area contributed by atoms with Gasteiger partial charge in [-0.2, -0.15) is 0 Å². The minimum atomic E-state index is -0.201. The molecule has 9 heteroatoms. The largest absolute Gasteiger partial charge is 0.495 e. The van der Waals surface area contributed by atoms with E-state index in [-0.39, 0.29) is 17.2 Å². The van der Waals surface area contributed by atoms with Gasteiger partial charge in [0.25, 0.3) is 5.56 Å². The number of carbonyl (C=O) groups is 1. The van der Waals surface area contributed by atoms with Crippen molar-refractivity contribution in [1.82, 2.24) is 19.2 Å². The molecule has 0 aliphatic heterocycles. The number of para-hydroxylation sites is 1. The maximum absolute atomic E-state index is 13.6. The number of rotatable bonds is 6. The van der Waals surface area contributed by atoms with Crippen LogP contribution in [0.2, 0.25) is 0 Å². The molecule has 0 bridgehead atoms. The summed E-state index contributed by atoms with van der Waals surface area (Å²) in [6, 6.07) is 18.9. The van der Waals surface area contributed by atoms with E-state index in [0.29, 0.717) is 33.3 Å². The molecule has 2 heterocycles. The van der Waals surface area contributed by atoms with Gasteiger partial charge in [0, 0.05) is 0 Å². The molecule has 182 valence electrons. The molecule has 8 nitrogen and oxygen atoms in total. The van der Waals surface area contributed by atoms with Crippen molar-refractivity contribution in [3.05, 3.63) is 87.7 Å². The van der Waals surface area contributed by atoms with Gasteiger partial charge in [0.1, 0.15) is 5.75 Å². The zero-order valence-electron chi connectivity index (χ0n) is 20.4. The highest BCUT2D eigenvalue weighted by Gasteiger charge is 2.20. The van der Waals surface area contributed by atoms with E-state index in [9.17, 15) is 9.59 Å². The SMILES string of the molecule is COc1ccc(C)cc1NC(=O)CSc1nnc2n(-c3cc(C)ccc3C)c(=O)c3ccccc3n12. The number of nitrogens with zero attached hydrogens (tertiary/aromatic N) is 4. The smallest absolute Gasteiger partial charge is 0.267 e. The topological polar surface area (TPSA) is 90.5 Å². The number of thioether (sulfide) groups is 1. The molecule has 0 radical (unpaired) electrons. The molecule has 5 rings (SSSR count). The van der Waals surface area contributed by atoms with Crippen molar-refractivity contribution in [3.63, 3.8) is 0 Å². The summed E-state index contributed by atoms with van der Waals surface area (Å²) in [7, 11) is 1.57. The molecule has 0 saturated heterocycles. The maximum Gasteiger partial charge on any atom is 0.267 e. The zero-order valence-corrected chi connectivity index (χ0v) is 21.2. The van der Waals surface area contributed by atoms with Gasteiger partial charge < -0.3 is 10.1 Å². The minimum absolute atomic E-state index is 0.106. The number of carbonyl (C=O) groups excluding carboxylic acids is 1. The third kappa shape index (κ3) is 4.22. The van der Waals surface area contributed by atoms with Crippen LogP contribution in [0.5, 0.6) is 5.75 Å². The molecule has 1 N–H and O–H groups in total. The number of amides is 1. The average Bonchev–Trinajstić information content (AvgIpc) is 3.29. The van der Waals surface area contributed by atoms with Gasteiger partial charge >= 0.3 is 0 Å². The Hall–Kier alpha value is -4.11. The number of aryl methyl sites for hydroxylation is 3. The first-order chi connectivity index (χ1) is 17.4. The predicted octanol–water partition coefficient (Wildman–Crippen LogP) is 4.70. The minimum Gasteiger partial charge on any atom is -0.495 e. The van der Waals surface area contributed by atoms with Gasteiger partial charge in [0.15, 0.2) is 5.16 Å². The molecule has 36 heavy (non-hydrogen) atoms. The van der Waals surface area contributed by atoms with E-state index in [1.165, 1.54) is 11.8 Å². The van der Waals surface area contributed by atoms with Crippen molar-refractivity contribution < 1.29 is 9.53 Å². The number of ether oxygens (including phenoxy) is 1. The molecule has 0 unspecified atom stereocenters. The van der Waals surface area contributed by atoms with Gasteiger partial charge in [0.05, 0.1) is 35.1 Å². The van der Waals surface area contributed by atoms with Crippen LogP contribution in [0.1, 0.15) is 16.7 Å².